The summed E-state index contributed by atoms with van der Waals surface area (Å²) in [6.45, 7) is 4.14. The summed E-state index contributed by atoms with van der Waals surface area (Å²) in [4.78, 5) is 8.14. The van der Waals surface area contributed by atoms with E-state index in [1.165, 1.54) is 0 Å². The lowest BCUT2D eigenvalue weighted by Crippen LogP contribution is -2.11. The fraction of sp³-hybridized carbons (Fsp3) is 0.385. The Morgan fingerprint density at radius 3 is 2.76 bits per heavy atom. The average Bonchev–Trinajstić information content (AvgIpc) is 2.79. The molecule has 2 heterocycles. The summed E-state index contributed by atoms with van der Waals surface area (Å²) < 4.78 is 1.99. The van der Waals surface area contributed by atoms with Crippen LogP contribution in [-0.2, 0) is 6.42 Å². The van der Waals surface area contributed by atoms with E-state index in [-0.39, 0.29) is 0 Å². The molecule has 0 fully saturated rings. The highest BCUT2D eigenvalue weighted by Gasteiger charge is 2.15. The minimum Gasteiger partial charge on any atom is -0.386 e. The van der Waals surface area contributed by atoms with Crippen LogP contribution in [0.25, 0.3) is 0 Å². The highest BCUT2D eigenvalue weighted by molar-refractivity contribution is 5.14. The van der Waals surface area contributed by atoms with Gasteiger partial charge in [-0.3, -0.25) is 4.98 Å². The Labute approximate surface area is 101 Å². The van der Waals surface area contributed by atoms with Crippen molar-refractivity contribution in [1.82, 2.24) is 14.5 Å². The highest BCUT2D eigenvalue weighted by Crippen LogP contribution is 2.20. The van der Waals surface area contributed by atoms with Crippen molar-refractivity contribution in [1.29, 1.82) is 0 Å². The molecule has 0 aliphatic heterocycles. The van der Waals surface area contributed by atoms with Crippen molar-refractivity contribution >= 4 is 0 Å². The summed E-state index contributed by atoms with van der Waals surface area (Å²) in [5.41, 5.74) is 1.88. The van der Waals surface area contributed by atoms with Gasteiger partial charge in [-0.25, -0.2) is 4.98 Å². The Bertz CT molecular complexity index is 465. The molecular weight excluding hydrogens is 214 g/mol. The molecule has 0 spiro atoms. The van der Waals surface area contributed by atoms with Crippen LogP contribution in [-0.4, -0.2) is 19.6 Å². The molecule has 2 rings (SSSR count). The van der Waals surface area contributed by atoms with Crippen molar-refractivity contribution in [2.45, 2.75) is 32.4 Å². The first-order valence-corrected chi connectivity index (χ1v) is 5.77. The van der Waals surface area contributed by atoms with Crippen LogP contribution < -0.4 is 0 Å². The Kier molecular flexibility index (Phi) is 3.54. The van der Waals surface area contributed by atoms with Crippen LogP contribution in [0.3, 0.4) is 0 Å². The van der Waals surface area contributed by atoms with E-state index in [0.29, 0.717) is 12.5 Å². The number of aromatic nitrogens is 3. The summed E-state index contributed by atoms with van der Waals surface area (Å²) in [6.07, 6.45) is 7.01. The molecule has 1 unspecified atom stereocenters. The van der Waals surface area contributed by atoms with Gasteiger partial charge in [0, 0.05) is 24.9 Å². The maximum atomic E-state index is 10.2. The van der Waals surface area contributed by atoms with Crippen molar-refractivity contribution in [2.24, 2.45) is 0 Å². The standard InChI is InChI=1S/C13H17N3O/c1-10(2)16-9-15-8-12(16)13(17)6-11-4-3-5-14-7-11/h3-5,7-10,13,17H,6H2,1-2H3. The Morgan fingerprint density at radius 2 is 2.12 bits per heavy atom. The van der Waals surface area contributed by atoms with E-state index in [4.69, 9.17) is 0 Å². The summed E-state index contributed by atoms with van der Waals surface area (Å²) in [6, 6.07) is 4.14. The minimum absolute atomic E-state index is 0.302. The van der Waals surface area contributed by atoms with E-state index in [1.54, 1.807) is 24.9 Å². The van der Waals surface area contributed by atoms with Gasteiger partial charge in [-0.15, -0.1) is 0 Å². The molecular formula is C13H17N3O. The van der Waals surface area contributed by atoms with Crippen LogP contribution in [0.1, 0.15) is 37.3 Å². The van der Waals surface area contributed by atoms with Crippen LogP contribution in [0.4, 0.5) is 0 Å². The molecule has 0 aromatic carbocycles. The molecule has 4 nitrogen and oxygen atoms in total. The average molecular weight is 231 g/mol. The third-order valence-corrected chi connectivity index (χ3v) is 2.75. The normalized spacial score (nSPS) is 12.9. The molecule has 0 amide bonds. The summed E-state index contributed by atoms with van der Waals surface area (Å²) in [5, 5.41) is 10.2. The zero-order valence-corrected chi connectivity index (χ0v) is 10.1. The molecule has 2 aromatic heterocycles. The van der Waals surface area contributed by atoms with E-state index < -0.39 is 6.10 Å². The van der Waals surface area contributed by atoms with Gasteiger partial charge in [0.05, 0.1) is 24.3 Å². The lowest BCUT2D eigenvalue weighted by Gasteiger charge is -2.16. The lowest BCUT2D eigenvalue weighted by atomic mass is 10.1. The Balaban J connectivity index is 2.15. The summed E-state index contributed by atoms with van der Waals surface area (Å²) >= 11 is 0. The van der Waals surface area contributed by atoms with E-state index in [9.17, 15) is 5.11 Å². The topological polar surface area (TPSA) is 50.9 Å². The van der Waals surface area contributed by atoms with Crippen LogP contribution in [0.15, 0.2) is 37.1 Å². The second kappa shape index (κ2) is 5.10. The number of pyridine rings is 1. The van der Waals surface area contributed by atoms with Crippen LogP contribution in [0, 0.1) is 0 Å². The molecule has 0 radical (unpaired) electrons. The second-order valence-electron chi connectivity index (χ2n) is 4.40. The third kappa shape index (κ3) is 2.71. The van der Waals surface area contributed by atoms with E-state index in [2.05, 4.69) is 23.8 Å². The first-order valence-electron chi connectivity index (χ1n) is 5.77. The van der Waals surface area contributed by atoms with Crippen molar-refractivity contribution in [3.63, 3.8) is 0 Å². The first-order chi connectivity index (χ1) is 8.18. The van der Waals surface area contributed by atoms with Crippen molar-refractivity contribution in [2.75, 3.05) is 0 Å². The Morgan fingerprint density at radius 1 is 1.29 bits per heavy atom. The van der Waals surface area contributed by atoms with Gasteiger partial charge < -0.3 is 9.67 Å². The zero-order valence-electron chi connectivity index (χ0n) is 10.1. The predicted molar refractivity (Wildman–Crippen MR) is 65.5 cm³/mol. The maximum Gasteiger partial charge on any atom is 0.0996 e. The van der Waals surface area contributed by atoms with E-state index in [0.717, 1.165) is 11.3 Å². The highest BCUT2D eigenvalue weighted by atomic mass is 16.3. The van der Waals surface area contributed by atoms with Crippen LogP contribution in [0.5, 0.6) is 0 Å². The number of imidazole rings is 1. The van der Waals surface area contributed by atoms with E-state index in [1.807, 2.05) is 16.7 Å². The van der Waals surface area contributed by atoms with Crippen molar-refractivity contribution < 1.29 is 5.11 Å². The summed E-state index contributed by atoms with van der Waals surface area (Å²) in [7, 11) is 0. The van der Waals surface area contributed by atoms with Crippen molar-refractivity contribution in [3.8, 4) is 0 Å². The maximum absolute atomic E-state index is 10.2. The van der Waals surface area contributed by atoms with Crippen LogP contribution >= 0.6 is 0 Å². The van der Waals surface area contributed by atoms with Crippen LogP contribution in [0.2, 0.25) is 0 Å². The molecule has 1 atom stereocenters. The molecule has 17 heavy (non-hydrogen) atoms. The van der Waals surface area contributed by atoms with Gasteiger partial charge in [0.25, 0.3) is 0 Å². The molecule has 4 heteroatoms. The fourth-order valence-corrected chi connectivity index (χ4v) is 1.85. The number of hydrogen-bond donors (Lipinski definition) is 1. The van der Waals surface area contributed by atoms with Gasteiger partial charge >= 0.3 is 0 Å². The van der Waals surface area contributed by atoms with Gasteiger partial charge in [0.1, 0.15) is 0 Å². The fourth-order valence-electron chi connectivity index (χ4n) is 1.85. The molecule has 0 saturated carbocycles. The molecule has 2 aromatic rings. The van der Waals surface area contributed by atoms with Gasteiger partial charge in [-0.05, 0) is 25.5 Å². The number of aliphatic hydroxyl groups is 1. The molecule has 0 aliphatic carbocycles. The number of nitrogens with zero attached hydrogens (tertiary/aromatic N) is 3. The molecule has 0 aliphatic rings. The smallest absolute Gasteiger partial charge is 0.0996 e. The quantitative estimate of drug-likeness (QED) is 0.877. The number of rotatable bonds is 4. The molecule has 0 saturated heterocycles. The number of hydrogen-bond acceptors (Lipinski definition) is 3. The van der Waals surface area contributed by atoms with E-state index >= 15 is 0 Å². The van der Waals surface area contributed by atoms with Gasteiger partial charge in [0.2, 0.25) is 0 Å². The predicted octanol–water partition coefficient (Wildman–Crippen LogP) is 2.14. The SMILES string of the molecule is CC(C)n1cncc1C(O)Cc1cccnc1. The number of aliphatic hydroxyl groups excluding tert-OH is 1. The largest absolute Gasteiger partial charge is 0.386 e. The monoisotopic (exact) mass is 231 g/mol. The second-order valence-corrected chi connectivity index (χ2v) is 4.40. The van der Waals surface area contributed by atoms with Gasteiger partial charge in [0.15, 0.2) is 0 Å². The summed E-state index contributed by atoms with van der Waals surface area (Å²) in [5.74, 6) is 0. The minimum atomic E-state index is -0.538. The van der Waals surface area contributed by atoms with Gasteiger partial charge in [-0.2, -0.15) is 0 Å². The first kappa shape index (κ1) is 11.8. The molecule has 90 valence electrons. The molecule has 1 N–H and O–H groups in total. The van der Waals surface area contributed by atoms with Crippen molar-refractivity contribution in [3.05, 3.63) is 48.3 Å². The molecule has 0 bridgehead atoms. The zero-order chi connectivity index (χ0) is 12.3. The third-order valence-electron chi connectivity index (χ3n) is 2.75. The lowest BCUT2D eigenvalue weighted by molar-refractivity contribution is 0.167. The Hall–Kier alpha value is -1.68. The van der Waals surface area contributed by atoms with Gasteiger partial charge in [-0.1, -0.05) is 6.07 Å².